The summed E-state index contributed by atoms with van der Waals surface area (Å²) < 4.78 is 0. The molecular formula is C15H29N3O2. The van der Waals surface area contributed by atoms with Gasteiger partial charge in [-0.05, 0) is 38.0 Å². The summed E-state index contributed by atoms with van der Waals surface area (Å²) >= 11 is 0. The number of nitrogens with zero attached hydrogens (tertiary/aromatic N) is 1. The number of primary amides is 1. The van der Waals surface area contributed by atoms with Crippen LogP contribution >= 0.6 is 0 Å². The Bertz CT molecular complexity index is 318. The SMILES string of the molecule is CCC(O)CC1CC(NC2CCCC2)CN(C(N)=O)C1. The van der Waals surface area contributed by atoms with E-state index in [9.17, 15) is 9.90 Å². The van der Waals surface area contributed by atoms with Crippen LogP contribution in [0, 0.1) is 5.92 Å². The van der Waals surface area contributed by atoms with Crippen LogP contribution in [0.4, 0.5) is 4.79 Å². The summed E-state index contributed by atoms with van der Waals surface area (Å²) in [7, 11) is 0. The number of carbonyl (C=O) groups excluding carboxylic acids is 1. The number of hydrogen-bond donors (Lipinski definition) is 3. The Kier molecular flexibility index (Phi) is 5.66. The van der Waals surface area contributed by atoms with E-state index in [0.717, 1.165) is 19.3 Å². The normalized spacial score (nSPS) is 29.6. The van der Waals surface area contributed by atoms with Gasteiger partial charge >= 0.3 is 6.03 Å². The topological polar surface area (TPSA) is 78.6 Å². The van der Waals surface area contributed by atoms with Crippen molar-refractivity contribution in [1.29, 1.82) is 0 Å². The quantitative estimate of drug-likeness (QED) is 0.714. The van der Waals surface area contributed by atoms with Crippen molar-refractivity contribution in [2.24, 2.45) is 11.7 Å². The lowest BCUT2D eigenvalue weighted by Gasteiger charge is -2.39. The Morgan fingerprint density at radius 2 is 2.05 bits per heavy atom. The van der Waals surface area contributed by atoms with Crippen LogP contribution in [-0.2, 0) is 0 Å². The van der Waals surface area contributed by atoms with Crippen LogP contribution in [0.2, 0.25) is 0 Å². The molecule has 20 heavy (non-hydrogen) atoms. The number of aliphatic hydroxyl groups is 1. The maximum Gasteiger partial charge on any atom is 0.314 e. The van der Waals surface area contributed by atoms with Gasteiger partial charge in [0.05, 0.1) is 6.10 Å². The molecule has 5 nitrogen and oxygen atoms in total. The standard InChI is InChI=1S/C15H29N3O2/c1-2-14(19)8-11-7-13(10-18(9-11)15(16)20)17-12-5-3-4-6-12/h11-14,17,19H,2-10H2,1H3,(H2,16,20). The number of amides is 2. The number of rotatable bonds is 5. The lowest BCUT2D eigenvalue weighted by Crippen LogP contribution is -2.54. The van der Waals surface area contributed by atoms with E-state index >= 15 is 0 Å². The highest BCUT2D eigenvalue weighted by Gasteiger charge is 2.31. The summed E-state index contributed by atoms with van der Waals surface area (Å²) in [4.78, 5) is 13.2. The van der Waals surface area contributed by atoms with Crippen LogP contribution in [0.3, 0.4) is 0 Å². The Balaban J connectivity index is 1.90. The van der Waals surface area contributed by atoms with E-state index in [1.807, 2.05) is 6.92 Å². The first-order chi connectivity index (χ1) is 9.58. The summed E-state index contributed by atoms with van der Waals surface area (Å²) in [6.07, 6.45) is 7.42. The van der Waals surface area contributed by atoms with Crippen LogP contribution in [0.1, 0.15) is 51.9 Å². The first-order valence-electron chi connectivity index (χ1n) is 8.07. The molecule has 1 aliphatic heterocycles. The second-order valence-corrected chi connectivity index (χ2v) is 6.49. The first-order valence-corrected chi connectivity index (χ1v) is 8.07. The fourth-order valence-corrected chi connectivity index (χ4v) is 3.65. The predicted octanol–water partition coefficient (Wildman–Crippen LogP) is 1.45. The van der Waals surface area contributed by atoms with Crippen LogP contribution in [0.25, 0.3) is 0 Å². The zero-order chi connectivity index (χ0) is 14.5. The molecule has 3 atom stereocenters. The molecule has 4 N–H and O–H groups in total. The molecule has 1 saturated carbocycles. The van der Waals surface area contributed by atoms with E-state index in [2.05, 4.69) is 5.32 Å². The van der Waals surface area contributed by atoms with Gasteiger partial charge in [0.15, 0.2) is 0 Å². The fourth-order valence-electron chi connectivity index (χ4n) is 3.65. The number of hydrogen-bond acceptors (Lipinski definition) is 3. The number of carbonyl (C=O) groups is 1. The summed E-state index contributed by atoms with van der Waals surface area (Å²) in [5.74, 6) is 0.352. The van der Waals surface area contributed by atoms with Gasteiger partial charge in [0.25, 0.3) is 0 Å². The lowest BCUT2D eigenvalue weighted by molar-refractivity contribution is 0.0935. The van der Waals surface area contributed by atoms with Gasteiger partial charge in [-0.1, -0.05) is 19.8 Å². The maximum absolute atomic E-state index is 11.5. The van der Waals surface area contributed by atoms with Gasteiger partial charge in [0.2, 0.25) is 0 Å². The van der Waals surface area contributed by atoms with Crippen molar-refractivity contribution in [3.8, 4) is 0 Å². The predicted molar refractivity (Wildman–Crippen MR) is 79.4 cm³/mol. The van der Waals surface area contributed by atoms with Crippen LogP contribution in [-0.4, -0.2) is 47.3 Å². The molecule has 2 rings (SSSR count). The molecule has 3 unspecified atom stereocenters. The maximum atomic E-state index is 11.5. The van der Waals surface area contributed by atoms with Crippen molar-refractivity contribution in [3.05, 3.63) is 0 Å². The number of nitrogens with two attached hydrogens (primary N) is 1. The van der Waals surface area contributed by atoms with Crippen molar-refractivity contribution in [2.75, 3.05) is 13.1 Å². The van der Waals surface area contributed by atoms with Crippen molar-refractivity contribution >= 4 is 6.03 Å². The Hall–Kier alpha value is -0.810. The van der Waals surface area contributed by atoms with Gasteiger partial charge in [-0.15, -0.1) is 0 Å². The molecule has 0 radical (unpaired) electrons. The lowest BCUT2D eigenvalue weighted by atomic mass is 9.88. The van der Waals surface area contributed by atoms with Crippen molar-refractivity contribution in [3.63, 3.8) is 0 Å². The third kappa shape index (κ3) is 4.35. The number of nitrogens with one attached hydrogen (secondary N) is 1. The number of aliphatic hydroxyl groups excluding tert-OH is 1. The molecule has 5 heteroatoms. The van der Waals surface area contributed by atoms with Gasteiger partial charge in [0, 0.05) is 25.2 Å². The third-order valence-electron chi connectivity index (χ3n) is 4.75. The van der Waals surface area contributed by atoms with Crippen LogP contribution in [0.15, 0.2) is 0 Å². The molecule has 0 aromatic carbocycles. The van der Waals surface area contributed by atoms with Crippen molar-refractivity contribution in [1.82, 2.24) is 10.2 Å². The summed E-state index contributed by atoms with van der Waals surface area (Å²) in [5.41, 5.74) is 5.46. The van der Waals surface area contributed by atoms with E-state index in [4.69, 9.17) is 5.73 Å². The summed E-state index contributed by atoms with van der Waals surface area (Å²) in [5, 5.41) is 13.5. The largest absolute Gasteiger partial charge is 0.393 e. The number of piperidine rings is 1. The number of urea groups is 1. The van der Waals surface area contributed by atoms with Crippen molar-refractivity contribution in [2.45, 2.75) is 70.1 Å². The smallest absolute Gasteiger partial charge is 0.314 e. The molecule has 0 spiro atoms. The molecule has 1 heterocycles. The Labute approximate surface area is 121 Å². The van der Waals surface area contributed by atoms with E-state index in [-0.39, 0.29) is 12.1 Å². The van der Waals surface area contributed by atoms with Gasteiger partial charge in [-0.3, -0.25) is 0 Å². The van der Waals surface area contributed by atoms with Gasteiger partial charge in [-0.25, -0.2) is 4.79 Å². The third-order valence-corrected chi connectivity index (χ3v) is 4.75. The van der Waals surface area contributed by atoms with E-state index < -0.39 is 0 Å². The molecular weight excluding hydrogens is 254 g/mol. The van der Waals surface area contributed by atoms with Gasteiger partial charge in [-0.2, -0.15) is 0 Å². The highest BCUT2D eigenvalue weighted by Crippen LogP contribution is 2.25. The van der Waals surface area contributed by atoms with Crippen LogP contribution in [0.5, 0.6) is 0 Å². The molecule has 2 fully saturated rings. The van der Waals surface area contributed by atoms with E-state index in [1.165, 1.54) is 25.7 Å². The van der Waals surface area contributed by atoms with Crippen molar-refractivity contribution < 1.29 is 9.90 Å². The molecule has 116 valence electrons. The number of likely N-dealkylation sites (tertiary alicyclic amines) is 1. The first kappa shape index (κ1) is 15.6. The molecule has 0 aromatic rings. The molecule has 2 aliphatic rings. The minimum Gasteiger partial charge on any atom is -0.393 e. The average molecular weight is 283 g/mol. The Morgan fingerprint density at radius 1 is 1.35 bits per heavy atom. The summed E-state index contributed by atoms with van der Waals surface area (Å²) in [6, 6.07) is 0.594. The molecule has 0 bridgehead atoms. The second kappa shape index (κ2) is 7.27. The zero-order valence-corrected chi connectivity index (χ0v) is 12.6. The minimum absolute atomic E-state index is 0.264. The molecule has 2 amide bonds. The Morgan fingerprint density at radius 3 is 2.65 bits per heavy atom. The fraction of sp³-hybridized carbons (Fsp3) is 0.933. The van der Waals surface area contributed by atoms with Gasteiger partial charge in [0.1, 0.15) is 0 Å². The highest BCUT2D eigenvalue weighted by atomic mass is 16.3. The van der Waals surface area contributed by atoms with Gasteiger partial charge < -0.3 is 21.1 Å². The monoisotopic (exact) mass is 283 g/mol. The highest BCUT2D eigenvalue weighted by molar-refractivity contribution is 5.72. The summed E-state index contributed by atoms with van der Waals surface area (Å²) in [6.45, 7) is 3.40. The van der Waals surface area contributed by atoms with E-state index in [1.54, 1.807) is 4.90 Å². The zero-order valence-electron chi connectivity index (χ0n) is 12.6. The molecule has 1 aliphatic carbocycles. The second-order valence-electron chi connectivity index (χ2n) is 6.49. The minimum atomic E-state index is -0.334. The molecule has 0 aromatic heterocycles. The van der Waals surface area contributed by atoms with Crippen LogP contribution < -0.4 is 11.1 Å². The average Bonchev–Trinajstić information content (AvgIpc) is 2.91. The van der Waals surface area contributed by atoms with E-state index in [0.29, 0.717) is 31.1 Å². The molecule has 1 saturated heterocycles.